The molecule has 0 bridgehead atoms. The Kier molecular flexibility index (Phi) is 6.13. The second-order valence-corrected chi connectivity index (χ2v) is 7.40. The Balaban J connectivity index is 1.42. The number of hydrogen-bond donors (Lipinski definition) is 1. The summed E-state index contributed by atoms with van der Waals surface area (Å²) in [5.74, 6) is -0.180. The summed E-state index contributed by atoms with van der Waals surface area (Å²) in [7, 11) is 0. The van der Waals surface area contributed by atoms with E-state index >= 15 is 0 Å². The summed E-state index contributed by atoms with van der Waals surface area (Å²) >= 11 is 0. The molecular formula is C25H22FN3O2. The average Bonchev–Trinajstić information content (AvgIpc) is 3.33. The molecule has 1 fully saturated rings. The summed E-state index contributed by atoms with van der Waals surface area (Å²) in [4.78, 5) is 14.7. The van der Waals surface area contributed by atoms with Crippen LogP contribution in [-0.4, -0.2) is 19.0 Å². The zero-order chi connectivity index (χ0) is 21.6. The fourth-order valence-corrected chi connectivity index (χ4v) is 3.65. The van der Waals surface area contributed by atoms with Gasteiger partial charge in [-0.25, -0.2) is 4.39 Å². The standard InChI is InChI=1S/C25H22FN3O2/c26-23-15-21(10-11-24(23)29-12-3-4-13-29)28-25(30)18-8-5-9-22(14-18)31-17-20-7-2-1-6-19(20)16-27/h1-2,5-11,14-15H,3-4,12-13,17H2,(H,28,30). The smallest absolute Gasteiger partial charge is 0.255 e. The van der Waals surface area contributed by atoms with Crippen LogP contribution in [0.4, 0.5) is 15.8 Å². The first kappa shape index (κ1) is 20.4. The number of nitriles is 1. The van der Waals surface area contributed by atoms with Crippen molar-refractivity contribution in [2.24, 2.45) is 0 Å². The van der Waals surface area contributed by atoms with Gasteiger partial charge in [-0.3, -0.25) is 4.79 Å². The average molecular weight is 415 g/mol. The molecule has 0 aromatic heterocycles. The maximum absolute atomic E-state index is 14.5. The highest BCUT2D eigenvalue weighted by Crippen LogP contribution is 2.26. The molecule has 3 aromatic rings. The molecule has 0 saturated carbocycles. The van der Waals surface area contributed by atoms with Gasteiger partial charge in [-0.15, -0.1) is 0 Å². The molecule has 6 heteroatoms. The first-order valence-corrected chi connectivity index (χ1v) is 10.2. The molecule has 0 radical (unpaired) electrons. The van der Waals surface area contributed by atoms with Crippen LogP contribution in [0.15, 0.2) is 66.7 Å². The Bertz CT molecular complexity index is 1130. The van der Waals surface area contributed by atoms with Gasteiger partial charge < -0.3 is 15.0 Å². The SMILES string of the molecule is N#Cc1ccccc1COc1cccc(C(=O)Nc2ccc(N3CCCC3)c(F)c2)c1. The largest absolute Gasteiger partial charge is 0.489 e. The summed E-state index contributed by atoms with van der Waals surface area (Å²) in [5.41, 5.74) is 2.70. The van der Waals surface area contributed by atoms with Crippen LogP contribution in [0.25, 0.3) is 0 Å². The van der Waals surface area contributed by atoms with E-state index in [1.807, 2.05) is 17.0 Å². The number of anilines is 2. The molecule has 1 N–H and O–H groups in total. The molecule has 31 heavy (non-hydrogen) atoms. The highest BCUT2D eigenvalue weighted by atomic mass is 19.1. The Hall–Kier alpha value is -3.85. The second kappa shape index (κ2) is 9.31. The van der Waals surface area contributed by atoms with Gasteiger partial charge in [-0.1, -0.05) is 24.3 Å². The van der Waals surface area contributed by atoms with E-state index in [0.717, 1.165) is 31.5 Å². The van der Waals surface area contributed by atoms with Crippen molar-refractivity contribution in [3.63, 3.8) is 0 Å². The molecule has 1 saturated heterocycles. The summed E-state index contributed by atoms with van der Waals surface area (Å²) in [6.45, 7) is 1.93. The lowest BCUT2D eigenvalue weighted by Crippen LogP contribution is -2.19. The van der Waals surface area contributed by atoms with Crippen molar-refractivity contribution in [2.75, 3.05) is 23.3 Å². The van der Waals surface area contributed by atoms with Gasteiger partial charge in [0.1, 0.15) is 18.2 Å². The van der Waals surface area contributed by atoms with Crippen molar-refractivity contribution in [2.45, 2.75) is 19.4 Å². The number of carbonyl (C=O) groups is 1. The van der Waals surface area contributed by atoms with Crippen LogP contribution in [0.1, 0.15) is 34.3 Å². The molecule has 1 aliphatic heterocycles. The number of nitrogens with zero attached hydrogens (tertiary/aromatic N) is 2. The summed E-state index contributed by atoms with van der Waals surface area (Å²) in [5, 5.41) is 11.9. The van der Waals surface area contributed by atoms with Crippen LogP contribution in [0, 0.1) is 17.1 Å². The summed E-state index contributed by atoms with van der Waals surface area (Å²) < 4.78 is 20.3. The Labute approximate surface area is 180 Å². The number of ether oxygens (including phenoxy) is 1. The fourth-order valence-electron chi connectivity index (χ4n) is 3.65. The number of amides is 1. The molecule has 1 amide bonds. The number of carbonyl (C=O) groups excluding carboxylic acids is 1. The van der Waals surface area contributed by atoms with E-state index in [4.69, 9.17) is 4.74 Å². The molecule has 3 aromatic carbocycles. The first-order chi connectivity index (χ1) is 15.1. The molecule has 5 nitrogen and oxygen atoms in total. The van der Waals surface area contributed by atoms with Gasteiger partial charge in [0.05, 0.1) is 17.3 Å². The van der Waals surface area contributed by atoms with Gasteiger partial charge in [0.25, 0.3) is 5.91 Å². The molecule has 0 unspecified atom stereocenters. The van der Waals surface area contributed by atoms with Crippen LogP contribution in [0.5, 0.6) is 5.75 Å². The monoisotopic (exact) mass is 415 g/mol. The van der Waals surface area contributed by atoms with Crippen molar-refractivity contribution < 1.29 is 13.9 Å². The van der Waals surface area contributed by atoms with Crippen LogP contribution in [0.2, 0.25) is 0 Å². The maximum Gasteiger partial charge on any atom is 0.255 e. The summed E-state index contributed by atoms with van der Waals surface area (Å²) in [6.07, 6.45) is 2.14. The van der Waals surface area contributed by atoms with Crippen LogP contribution in [0.3, 0.4) is 0 Å². The van der Waals surface area contributed by atoms with E-state index in [9.17, 15) is 14.4 Å². The highest BCUT2D eigenvalue weighted by molar-refractivity contribution is 6.04. The normalized spacial score (nSPS) is 13.0. The van der Waals surface area contributed by atoms with Gasteiger partial charge in [-0.2, -0.15) is 5.26 Å². The molecule has 0 spiro atoms. The van der Waals surface area contributed by atoms with E-state index in [1.165, 1.54) is 6.07 Å². The quantitative estimate of drug-likeness (QED) is 0.606. The van der Waals surface area contributed by atoms with Crippen LogP contribution < -0.4 is 15.0 Å². The maximum atomic E-state index is 14.5. The zero-order valence-corrected chi connectivity index (χ0v) is 17.0. The minimum absolute atomic E-state index is 0.220. The van der Waals surface area contributed by atoms with Gasteiger partial charge in [0, 0.05) is 29.9 Å². The lowest BCUT2D eigenvalue weighted by molar-refractivity contribution is 0.102. The Morgan fingerprint density at radius 2 is 1.87 bits per heavy atom. The van der Waals surface area contributed by atoms with E-state index in [1.54, 1.807) is 48.5 Å². The number of benzene rings is 3. The lowest BCUT2D eigenvalue weighted by atomic mass is 10.1. The second-order valence-electron chi connectivity index (χ2n) is 7.40. The van der Waals surface area contributed by atoms with E-state index in [0.29, 0.717) is 28.3 Å². The minimum atomic E-state index is -0.351. The Morgan fingerprint density at radius 1 is 1.06 bits per heavy atom. The Morgan fingerprint density at radius 3 is 2.65 bits per heavy atom. The predicted octanol–water partition coefficient (Wildman–Crippen LogP) is 5.13. The van der Waals surface area contributed by atoms with Crippen LogP contribution >= 0.6 is 0 Å². The molecular weight excluding hydrogens is 393 g/mol. The fraction of sp³-hybridized carbons (Fsp3) is 0.200. The van der Waals surface area contributed by atoms with Gasteiger partial charge in [0.2, 0.25) is 0 Å². The molecule has 1 heterocycles. The van der Waals surface area contributed by atoms with Crippen LogP contribution in [-0.2, 0) is 6.61 Å². The van der Waals surface area contributed by atoms with Gasteiger partial charge in [-0.05, 0) is 55.3 Å². The van der Waals surface area contributed by atoms with Crippen molar-refractivity contribution in [3.05, 3.63) is 89.2 Å². The molecule has 156 valence electrons. The topological polar surface area (TPSA) is 65.4 Å². The van der Waals surface area contributed by atoms with E-state index in [2.05, 4.69) is 11.4 Å². The van der Waals surface area contributed by atoms with Gasteiger partial charge >= 0.3 is 0 Å². The lowest BCUT2D eigenvalue weighted by Gasteiger charge is -2.19. The molecule has 0 atom stereocenters. The predicted molar refractivity (Wildman–Crippen MR) is 118 cm³/mol. The van der Waals surface area contributed by atoms with Crippen molar-refractivity contribution >= 4 is 17.3 Å². The zero-order valence-electron chi connectivity index (χ0n) is 17.0. The minimum Gasteiger partial charge on any atom is -0.489 e. The number of rotatable bonds is 6. The van der Waals surface area contributed by atoms with Gasteiger partial charge in [0.15, 0.2) is 0 Å². The molecule has 4 rings (SSSR count). The third kappa shape index (κ3) is 4.84. The highest BCUT2D eigenvalue weighted by Gasteiger charge is 2.17. The number of nitrogens with one attached hydrogen (secondary N) is 1. The first-order valence-electron chi connectivity index (χ1n) is 10.2. The van der Waals surface area contributed by atoms with Crippen molar-refractivity contribution in [3.8, 4) is 11.8 Å². The third-order valence-electron chi connectivity index (χ3n) is 5.28. The third-order valence-corrected chi connectivity index (χ3v) is 5.28. The molecule has 0 aliphatic carbocycles. The van der Waals surface area contributed by atoms with E-state index < -0.39 is 0 Å². The molecule has 1 aliphatic rings. The van der Waals surface area contributed by atoms with Crippen molar-refractivity contribution in [1.29, 1.82) is 5.26 Å². The number of halogens is 1. The summed E-state index contributed by atoms with van der Waals surface area (Å²) in [6, 6.07) is 20.9. The number of hydrogen-bond acceptors (Lipinski definition) is 4. The van der Waals surface area contributed by atoms with Crippen molar-refractivity contribution in [1.82, 2.24) is 0 Å². The van der Waals surface area contributed by atoms with E-state index in [-0.39, 0.29) is 18.3 Å².